The molecule has 1 radical (unpaired) electrons. The van der Waals surface area contributed by atoms with Gasteiger partial charge >= 0.3 is 125 Å². The van der Waals surface area contributed by atoms with Crippen LogP contribution in [-0.4, -0.2) is 118 Å². The molecule has 0 saturated carbocycles. The number of rotatable bonds is 21. The highest BCUT2D eigenvalue weighted by atomic mass is 19.4. The maximum atomic E-state index is 14.7. The Morgan fingerprint density at radius 2 is 0.379 bits per heavy atom. The maximum absolute atomic E-state index is 14.7. The van der Waals surface area contributed by atoms with Crippen molar-refractivity contribution >= 4 is 0 Å². The van der Waals surface area contributed by atoms with Crippen molar-refractivity contribution in [1.29, 1.82) is 0 Å². The van der Waals surface area contributed by atoms with E-state index >= 15 is 0 Å². The van der Waals surface area contributed by atoms with E-state index in [4.69, 9.17) is 0 Å². The van der Waals surface area contributed by atoms with Crippen LogP contribution in [0.1, 0.15) is 19.8 Å². The minimum Gasteiger partial charge on any atom is -0.223 e. The number of hydrogen-bond donors (Lipinski definition) is 0. The Bertz CT molecular complexity index is 1720. The summed E-state index contributed by atoms with van der Waals surface area (Å²) < 4.78 is 577. The summed E-state index contributed by atoms with van der Waals surface area (Å²) >= 11 is 0. The van der Waals surface area contributed by atoms with Gasteiger partial charge in [0.1, 0.15) is 0 Å². The van der Waals surface area contributed by atoms with Gasteiger partial charge in [-0.1, -0.05) is 13.3 Å². The summed E-state index contributed by atoms with van der Waals surface area (Å²) in [4.78, 5) is 0. The lowest BCUT2D eigenvalue weighted by Crippen LogP contribution is -2.81. The van der Waals surface area contributed by atoms with Crippen molar-refractivity contribution in [3.05, 3.63) is 6.43 Å². The Kier molecular flexibility index (Phi) is 14.8. The molecule has 42 heteroatoms. The van der Waals surface area contributed by atoms with Gasteiger partial charge in [-0.05, 0) is 0 Å². The lowest BCUT2D eigenvalue weighted by molar-refractivity contribution is -0.487. The maximum Gasteiger partial charge on any atom is 0.460 e. The normalized spacial score (nSPS) is 18.0. The molecule has 0 heterocycles. The van der Waals surface area contributed by atoms with Crippen molar-refractivity contribution in [2.75, 3.05) is 0 Å². The highest BCUT2D eigenvalue weighted by molar-refractivity contribution is 5.28. The predicted molar refractivity (Wildman–Crippen MR) is 119 cm³/mol. The van der Waals surface area contributed by atoms with E-state index < -0.39 is 138 Å². The first-order valence-electron chi connectivity index (χ1n) is 14.5. The summed E-state index contributed by atoms with van der Waals surface area (Å²) in [5, 5.41) is 0. The third-order valence-corrected chi connectivity index (χ3v) is 8.42. The van der Waals surface area contributed by atoms with Crippen LogP contribution < -0.4 is 0 Å². The molecule has 0 aliphatic carbocycles. The van der Waals surface area contributed by atoms with Gasteiger partial charge in [0.2, 0.25) is 0 Å². The minimum atomic E-state index is -10.7. The second-order valence-electron chi connectivity index (χ2n) is 12.6. The van der Waals surface area contributed by atoms with Crippen molar-refractivity contribution in [3.63, 3.8) is 0 Å². The summed E-state index contributed by atoms with van der Waals surface area (Å²) in [5.74, 6) is -178. The van der Waals surface area contributed by atoms with Gasteiger partial charge in [0.25, 0.3) is 0 Å². The number of halogens is 42. The highest BCUT2D eigenvalue weighted by Crippen LogP contribution is 2.72. The van der Waals surface area contributed by atoms with E-state index in [1.165, 1.54) is 0 Å². The minimum absolute atomic E-state index is 0.164. The second kappa shape index (κ2) is 15.5. The van der Waals surface area contributed by atoms with E-state index in [9.17, 15) is 184 Å². The fourth-order valence-electron chi connectivity index (χ4n) is 4.31. The lowest BCUT2D eigenvalue weighted by atomic mass is 9.76. The van der Waals surface area contributed by atoms with Crippen molar-refractivity contribution < 1.29 is 184 Å². The zero-order chi connectivity index (χ0) is 55.0. The van der Waals surface area contributed by atoms with Crippen LogP contribution in [0.4, 0.5) is 184 Å². The molecular weight excluding hydrogens is 1090 g/mol. The Labute approximate surface area is 330 Å². The van der Waals surface area contributed by atoms with Crippen LogP contribution >= 0.6 is 0 Å². The molecule has 0 amide bonds. The molecule has 0 spiro atoms. The van der Waals surface area contributed by atoms with E-state index in [2.05, 4.69) is 0 Å². The molecule has 0 aromatic heterocycles. The van der Waals surface area contributed by atoms with Gasteiger partial charge in [-0.25, -0.2) is 4.39 Å². The molecule has 0 saturated heterocycles. The van der Waals surface area contributed by atoms with Crippen LogP contribution in [0.25, 0.3) is 0 Å². The lowest BCUT2D eigenvalue weighted by Gasteiger charge is -2.49. The van der Waals surface area contributed by atoms with E-state index in [1.54, 1.807) is 0 Å². The Morgan fingerprint density at radius 1 is 0.227 bits per heavy atom. The van der Waals surface area contributed by atoms with E-state index in [0.29, 0.717) is 0 Å². The van der Waals surface area contributed by atoms with Crippen molar-refractivity contribution in [2.45, 2.75) is 138 Å². The van der Waals surface area contributed by atoms with E-state index in [-0.39, 0.29) is 6.92 Å². The molecule has 0 bridgehead atoms. The van der Waals surface area contributed by atoms with Crippen LogP contribution in [0.2, 0.25) is 0 Å². The zero-order valence-corrected chi connectivity index (χ0v) is 28.8. The molecule has 397 valence electrons. The average molecular weight is 1090 g/mol. The van der Waals surface area contributed by atoms with Crippen molar-refractivity contribution in [3.8, 4) is 0 Å². The Hall–Kier alpha value is -2.94. The molecule has 0 aliphatic heterocycles. The van der Waals surface area contributed by atoms with Crippen LogP contribution in [0, 0.1) is 6.43 Å². The quantitative estimate of drug-likeness (QED) is 0.101. The van der Waals surface area contributed by atoms with E-state index in [0.717, 1.165) is 0 Å². The first-order valence-corrected chi connectivity index (χ1v) is 14.5. The van der Waals surface area contributed by atoms with Gasteiger partial charge in [-0.2, -0.15) is 180 Å². The monoisotopic (exact) mass is 1090 g/mol. The molecular formula is C24H7F42. The molecule has 0 N–H and O–H groups in total. The molecule has 0 fully saturated rings. The third kappa shape index (κ3) is 6.95. The first kappa shape index (κ1) is 63.1. The molecule has 1 atom stereocenters. The van der Waals surface area contributed by atoms with Crippen molar-refractivity contribution in [2.24, 2.45) is 0 Å². The van der Waals surface area contributed by atoms with Crippen LogP contribution in [0.5, 0.6) is 0 Å². The molecule has 0 rings (SSSR count). The van der Waals surface area contributed by atoms with Gasteiger partial charge < -0.3 is 0 Å². The third-order valence-electron chi connectivity index (χ3n) is 8.42. The summed E-state index contributed by atoms with van der Waals surface area (Å²) in [6.07, 6.45) is -20.4. The Balaban J connectivity index is 8.29. The average Bonchev–Trinajstić information content (AvgIpc) is 3.08. The van der Waals surface area contributed by atoms with Gasteiger partial charge in [-0.15, -0.1) is 0 Å². The van der Waals surface area contributed by atoms with Crippen molar-refractivity contribution in [1.82, 2.24) is 0 Å². The SMILES string of the molecule is CCCC(F)(F)C(F)(F)C(F)(F)C(F)(F)C(F)(F)C(F)(F)C(F)(F)C(F)(F)C(F)(F)C(F)([C](F)F)C(F)(F)C(F)(F)C(F)(F)C(F)(F)C(F)(F)C(F)(F)C(F)(F)C(F)(F)C(F)(F)C(F)(F)F. The summed E-state index contributed by atoms with van der Waals surface area (Å²) in [5.41, 5.74) is -10.5. The molecule has 0 aromatic rings. The molecule has 0 nitrogen and oxygen atoms in total. The standard InChI is InChI=1S/C24H7F42/c1-2-3-5(27,28)7(30,31)10(36,37)13(42,43)16(48,49)17(50,51)14(44,45)11(38,39)8(32,33)6(29,4(25)26)9(34,35)12(40,41)15(46,47)18(52,53)19(54,55)20(56,57)21(58,59)22(60,61)23(62,63)24(64,65)66/h2-3H2,1H3. The summed E-state index contributed by atoms with van der Waals surface area (Å²) in [7, 11) is 0. The zero-order valence-electron chi connectivity index (χ0n) is 28.8. The number of hydrogen-bond acceptors (Lipinski definition) is 0. The topological polar surface area (TPSA) is 0 Å². The molecule has 0 aliphatic rings. The van der Waals surface area contributed by atoms with Crippen LogP contribution in [0.15, 0.2) is 0 Å². The van der Waals surface area contributed by atoms with Gasteiger partial charge in [0.15, 0.2) is 0 Å². The highest BCUT2D eigenvalue weighted by Gasteiger charge is 3.04. The summed E-state index contributed by atoms with van der Waals surface area (Å²) in [6, 6.07) is 0. The summed E-state index contributed by atoms with van der Waals surface area (Å²) in [6.45, 7) is 0.164. The van der Waals surface area contributed by atoms with Crippen LogP contribution in [0.3, 0.4) is 0 Å². The largest absolute Gasteiger partial charge is 0.460 e. The fraction of sp³-hybridized carbons (Fsp3) is 0.958. The fourth-order valence-corrected chi connectivity index (χ4v) is 4.31. The van der Waals surface area contributed by atoms with E-state index in [1.807, 2.05) is 0 Å². The van der Waals surface area contributed by atoms with Crippen LogP contribution in [-0.2, 0) is 0 Å². The first-order chi connectivity index (χ1) is 27.8. The molecule has 66 heavy (non-hydrogen) atoms. The number of alkyl halides is 40. The van der Waals surface area contributed by atoms with Gasteiger partial charge in [0.05, 0.1) is 0 Å². The smallest absolute Gasteiger partial charge is 0.223 e. The Morgan fingerprint density at radius 3 is 0.530 bits per heavy atom. The van der Waals surface area contributed by atoms with Gasteiger partial charge in [0, 0.05) is 6.42 Å². The van der Waals surface area contributed by atoms with Gasteiger partial charge in [-0.3, -0.25) is 0 Å². The predicted octanol–water partition coefficient (Wildman–Crippen LogP) is 14.9. The molecule has 0 aromatic carbocycles. The molecule has 1 unspecified atom stereocenters. The second-order valence-corrected chi connectivity index (χ2v) is 12.6.